The first kappa shape index (κ1) is 36.0. The number of allylic oxidation sites excluding steroid dienone is 2. The number of carboxylic acid groups (broad SMARTS) is 1. The Bertz CT molecular complexity index is 1770. The van der Waals surface area contributed by atoms with Gasteiger partial charge in [-0.3, -0.25) is 19.2 Å². The number of aromatic nitrogens is 2. The molecule has 2 aromatic carbocycles. The number of nitrogens with zero attached hydrogens (tertiary/aromatic N) is 4. The van der Waals surface area contributed by atoms with Crippen molar-refractivity contribution in [2.24, 2.45) is 34.6 Å². The molecule has 266 valence electrons. The van der Waals surface area contributed by atoms with Gasteiger partial charge in [0.05, 0.1) is 11.8 Å². The average Bonchev–Trinajstić information content (AvgIpc) is 3.13. The monoisotopic (exact) mass is 688 g/mol. The van der Waals surface area contributed by atoms with Crippen LogP contribution in [0.3, 0.4) is 0 Å². The maximum absolute atomic E-state index is 13.4. The summed E-state index contributed by atoms with van der Waals surface area (Å²) in [7, 11) is 0. The molecule has 1 saturated carbocycles. The minimum atomic E-state index is -0.932. The Balaban J connectivity index is 1.08. The quantitative estimate of drug-likeness (QED) is 0.152. The van der Waals surface area contributed by atoms with E-state index in [1.165, 1.54) is 80.7 Å². The van der Waals surface area contributed by atoms with E-state index in [1.54, 1.807) is 12.1 Å². The first-order valence-electron chi connectivity index (χ1n) is 18.5. The second-order valence-electron chi connectivity index (χ2n) is 14.6. The molecule has 3 aliphatic rings. The van der Waals surface area contributed by atoms with Gasteiger partial charge in [0.15, 0.2) is 11.6 Å². The van der Waals surface area contributed by atoms with Gasteiger partial charge in [0, 0.05) is 54.0 Å². The highest BCUT2D eigenvalue weighted by atomic mass is 16.4. The number of aliphatic imine (C=N–C) groups is 1. The molecule has 1 aliphatic heterocycles. The van der Waals surface area contributed by atoms with Crippen molar-refractivity contribution < 1.29 is 24.3 Å². The van der Waals surface area contributed by atoms with Gasteiger partial charge < -0.3 is 10.0 Å². The molecule has 2 amide bonds. The van der Waals surface area contributed by atoms with Gasteiger partial charge in [0.2, 0.25) is 5.91 Å². The molecule has 3 aromatic rings. The molecule has 2 atom stereocenters. The lowest BCUT2D eigenvalue weighted by Gasteiger charge is -2.38. The number of likely N-dealkylation sites (tertiary alicyclic amines) is 1. The molecule has 0 radical (unpaired) electrons. The van der Waals surface area contributed by atoms with Crippen molar-refractivity contribution >= 4 is 35.4 Å². The van der Waals surface area contributed by atoms with Gasteiger partial charge in [-0.2, -0.15) is 0 Å². The normalized spacial score (nSPS) is 21.5. The second kappa shape index (κ2) is 16.5. The van der Waals surface area contributed by atoms with Crippen molar-refractivity contribution in [3.8, 4) is 11.4 Å². The summed E-state index contributed by atoms with van der Waals surface area (Å²) >= 11 is 0. The predicted molar refractivity (Wildman–Crippen MR) is 197 cm³/mol. The number of rotatable bonds is 12. The molecule has 6 rings (SSSR count). The fraction of sp³-hybridized carbons (Fsp3) is 0.452. The standard InChI is InChI=1S/C42H48N4O5/c1-3-4-28-5-9-31(10-6-28)32-15-17-33(18-16-32)37-23-43-39(44-24-37)34-11-7-29(8-12-34)21-36(41(49)46-25-38(26-46)42(50)51)22-45-40(48)35-19-13-30(14-20-35)27(2)47/h7-8,11-14,17,19-20,22-24,28,31-32,36,38H,3-6,9-10,15-16,18,21,25-26H2,1-2H3,(H,50,51). The lowest BCUT2D eigenvalue weighted by atomic mass is 9.70. The largest absolute Gasteiger partial charge is 0.481 e. The minimum Gasteiger partial charge on any atom is -0.481 e. The summed E-state index contributed by atoms with van der Waals surface area (Å²) in [5.41, 5.74) is 4.93. The fourth-order valence-corrected chi connectivity index (χ4v) is 7.92. The van der Waals surface area contributed by atoms with Gasteiger partial charge in [0.25, 0.3) is 5.91 Å². The zero-order valence-corrected chi connectivity index (χ0v) is 29.7. The third-order valence-corrected chi connectivity index (χ3v) is 11.2. The zero-order valence-electron chi connectivity index (χ0n) is 29.7. The molecule has 51 heavy (non-hydrogen) atoms. The SMILES string of the molecule is CCCC1CCC(C2CC=C(c3cnc(-c4ccc(CC(C=NC(=O)c5ccc(C(C)=O)cc5)C(=O)N5CC(C(=O)O)C5)cc4)nc3)CC2)CC1. The number of hydrogen-bond donors (Lipinski definition) is 1. The molecular weight excluding hydrogens is 640 g/mol. The molecule has 0 spiro atoms. The van der Waals surface area contributed by atoms with Crippen LogP contribution in [0.15, 0.2) is 72.0 Å². The van der Waals surface area contributed by atoms with E-state index in [-0.39, 0.29) is 31.2 Å². The van der Waals surface area contributed by atoms with Crippen molar-refractivity contribution in [1.82, 2.24) is 14.9 Å². The van der Waals surface area contributed by atoms with Crippen molar-refractivity contribution in [1.29, 1.82) is 0 Å². The van der Waals surface area contributed by atoms with E-state index in [0.29, 0.717) is 17.0 Å². The Hall–Kier alpha value is -4.79. The summed E-state index contributed by atoms with van der Waals surface area (Å²) in [6.07, 6.45) is 19.7. The van der Waals surface area contributed by atoms with Gasteiger partial charge in [-0.25, -0.2) is 15.0 Å². The van der Waals surface area contributed by atoms with Gasteiger partial charge in [0.1, 0.15) is 0 Å². The second-order valence-corrected chi connectivity index (χ2v) is 14.6. The molecule has 9 nitrogen and oxygen atoms in total. The Morgan fingerprint density at radius 3 is 2.14 bits per heavy atom. The van der Waals surface area contributed by atoms with E-state index in [9.17, 15) is 24.3 Å². The third-order valence-electron chi connectivity index (χ3n) is 11.2. The number of benzene rings is 2. The van der Waals surface area contributed by atoms with Gasteiger partial charge in [-0.1, -0.05) is 75.1 Å². The van der Waals surface area contributed by atoms with Crippen molar-refractivity contribution in [3.05, 3.63) is 89.3 Å². The van der Waals surface area contributed by atoms with E-state index < -0.39 is 23.7 Å². The molecule has 2 heterocycles. The minimum absolute atomic E-state index is 0.105. The van der Waals surface area contributed by atoms with Crippen LogP contribution in [-0.4, -0.2) is 62.8 Å². The summed E-state index contributed by atoms with van der Waals surface area (Å²) in [6.45, 7) is 4.01. The number of Topliss-reactive ketones (excluding diaryl/α,β-unsaturated/α-hetero) is 1. The number of aliphatic carboxylic acids is 1. The Labute approximate surface area is 300 Å². The predicted octanol–water partition coefficient (Wildman–Crippen LogP) is 7.75. The molecule has 1 N–H and O–H groups in total. The molecular formula is C42H48N4O5. The first-order chi connectivity index (χ1) is 24.7. The highest BCUT2D eigenvalue weighted by molar-refractivity contribution is 6.04. The summed E-state index contributed by atoms with van der Waals surface area (Å²) in [5, 5.41) is 9.30. The van der Waals surface area contributed by atoms with Crippen LogP contribution < -0.4 is 0 Å². The maximum atomic E-state index is 13.4. The molecule has 1 aromatic heterocycles. The van der Waals surface area contributed by atoms with E-state index >= 15 is 0 Å². The smallest absolute Gasteiger partial charge is 0.310 e. The molecule has 2 aliphatic carbocycles. The van der Waals surface area contributed by atoms with Gasteiger partial charge >= 0.3 is 5.97 Å². The third kappa shape index (κ3) is 8.93. The highest BCUT2D eigenvalue weighted by Crippen LogP contribution is 2.42. The molecule has 9 heteroatoms. The summed E-state index contributed by atoms with van der Waals surface area (Å²) in [4.78, 5) is 64.2. The average molecular weight is 689 g/mol. The van der Waals surface area contributed by atoms with Crippen LogP contribution in [-0.2, 0) is 16.0 Å². The number of carbonyl (C=O) groups is 4. The van der Waals surface area contributed by atoms with Crippen LogP contribution >= 0.6 is 0 Å². The number of hydrogen-bond acceptors (Lipinski definition) is 6. The van der Waals surface area contributed by atoms with E-state index in [0.717, 1.165) is 47.3 Å². The maximum Gasteiger partial charge on any atom is 0.310 e. The van der Waals surface area contributed by atoms with Crippen LogP contribution in [0.2, 0.25) is 0 Å². The molecule has 0 bridgehead atoms. The Kier molecular flexibility index (Phi) is 11.6. The van der Waals surface area contributed by atoms with Gasteiger partial charge in [-0.05, 0) is 86.5 Å². The van der Waals surface area contributed by atoms with Crippen molar-refractivity contribution in [2.75, 3.05) is 13.1 Å². The molecule has 2 fully saturated rings. The molecule has 1 saturated heterocycles. The molecule has 2 unspecified atom stereocenters. The number of amides is 2. The zero-order chi connectivity index (χ0) is 35.9. The van der Waals surface area contributed by atoms with Crippen LogP contribution in [0.4, 0.5) is 0 Å². The Morgan fingerprint density at radius 2 is 1.55 bits per heavy atom. The number of carboxylic acids is 1. The lowest BCUT2D eigenvalue weighted by molar-refractivity contribution is -0.153. The topological polar surface area (TPSA) is 130 Å². The Morgan fingerprint density at radius 1 is 0.882 bits per heavy atom. The summed E-state index contributed by atoms with van der Waals surface area (Å²) in [5.74, 6) is 0.0480. The van der Waals surface area contributed by atoms with Crippen molar-refractivity contribution in [2.45, 2.75) is 78.1 Å². The first-order valence-corrected chi connectivity index (χ1v) is 18.5. The highest BCUT2D eigenvalue weighted by Gasteiger charge is 2.38. The van der Waals surface area contributed by atoms with Crippen LogP contribution in [0, 0.1) is 29.6 Å². The van der Waals surface area contributed by atoms with Crippen molar-refractivity contribution in [3.63, 3.8) is 0 Å². The fourth-order valence-electron chi connectivity index (χ4n) is 7.92. The van der Waals surface area contributed by atoms with Gasteiger partial charge in [-0.15, -0.1) is 0 Å². The van der Waals surface area contributed by atoms with E-state index in [2.05, 4.69) is 18.0 Å². The lowest BCUT2D eigenvalue weighted by Crippen LogP contribution is -2.55. The number of ketones is 1. The van der Waals surface area contributed by atoms with E-state index in [1.807, 2.05) is 36.7 Å². The summed E-state index contributed by atoms with van der Waals surface area (Å²) in [6, 6.07) is 13.9. The van der Waals surface area contributed by atoms with Crippen LogP contribution in [0.25, 0.3) is 17.0 Å². The van der Waals surface area contributed by atoms with Crippen LogP contribution in [0.5, 0.6) is 0 Å². The summed E-state index contributed by atoms with van der Waals surface area (Å²) < 4.78 is 0. The van der Waals surface area contributed by atoms with Crippen LogP contribution in [0.1, 0.15) is 103 Å². The van der Waals surface area contributed by atoms with E-state index in [4.69, 9.17) is 9.97 Å². The number of carbonyl (C=O) groups excluding carboxylic acids is 3.